The Kier molecular flexibility index (Phi) is 15.4. The first-order chi connectivity index (χ1) is 20.1. The average Bonchev–Trinajstić information content (AvgIpc) is 2.84. The number of alkyl halides is 3. The first-order valence-corrected chi connectivity index (χ1v) is 16.5. The van der Waals surface area contributed by atoms with E-state index in [1.165, 1.54) is 26.0 Å². The number of phosphoric acid groups is 1. The first-order valence-electron chi connectivity index (χ1n) is 15.0. The van der Waals surface area contributed by atoms with E-state index >= 15 is 0 Å². The molecule has 13 heteroatoms. The van der Waals surface area contributed by atoms with Crippen LogP contribution < -0.4 is 10.1 Å². The molecule has 1 N–H and O–H groups in total. The molecule has 0 heterocycles. The van der Waals surface area contributed by atoms with Crippen molar-refractivity contribution in [3.63, 3.8) is 0 Å². The lowest BCUT2D eigenvalue weighted by atomic mass is 9.91. The molecule has 1 amide bonds. The van der Waals surface area contributed by atoms with Gasteiger partial charge in [0.15, 0.2) is 0 Å². The van der Waals surface area contributed by atoms with Crippen LogP contribution >= 0.6 is 7.82 Å². The highest BCUT2D eigenvalue weighted by Gasteiger charge is 2.42. The Hall–Kier alpha value is -2.14. The van der Waals surface area contributed by atoms with Crippen LogP contribution in [-0.2, 0) is 45.1 Å². The Balaban J connectivity index is 3.33. The predicted molar refractivity (Wildman–Crippen MR) is 162 cm³/mol. The summed E-state index contributed by atoms with van der Waals surface area (Å²) in [5.41, 5.74) is -3.99. The number of rotatable bonds is 18. The van der Waals surface area contributed by atoms with Crippen molar-refractivity contribution in [3.05, 3.63) is 29.3 Å². The fourth-order valence-corrected chi connectivity index (χ4v) is 6.12. The molecule has 0 aliphatic heterocycles. The highest BCUT2D eigenvalue weighted by molar-refractivity contribution is 7.48. The number of hydrogen-bond acceptors (Lipinski definition) is 8. The van der Waals surface area contributed by atoms with E-state index in [2.05, 4.69) is 12.2 Å². The lowest BCUT2D eigenvalue weighted by molar-refractivity contribution is -0.145. The molecule has 0 fully saturated rings. The summed E-state index contributed by atoms with van der Waals surface area (Å²) < 4.78 is 83.6. The third-order valence-corrected chi connectivity index (χ3v) is 8.00. The summed E-state index contributed by atoms with van der Waals surface area (Å²) in [4.78, 5) is 24.1. The largest absolute Gasteiger partial charge is 0.493 e. The summed E-state index contributed by atoms with van der Waals surface area (Å²) in [5.74, 6) is -1.44. The second-order valence-corrected chi connectivity index (χ2v) is 14.5. The molecule has 254 valence electrons. The molecule has 0 aromatic heterocycles. The molecule has 0 radical (unpaired) electrons. The molecule has 0 saturated heterocycles. The van der Waals surface area contributed by atoms with Crippen molar-refractivity contribution < 1.29 is 50.4 Å². The number of nitrogens with one attached hydrogen (secondary N) is 1. The molecule has 44 heavy (non-hydrogen) atoms. The molecule has 1 atom stereocenters. The number of carbonyl (C=O) groups is 2. The number of ether oxygens (including phenoxy) is 2. The Labute approximate surface area is 260 Å². The summed E-state index contributed by atoms with van der Waals surface area (Å²) in [7, 11) is -4.26. The van der Waals surface area contributed by atoms with E-state index < -0.39 is 61.4 Å². The number of amides is 1. The Bertz CT molecular complexity index is 1090. The SMILES string of the molecule is CCCCCCCOc1ccc(CCC(COC(C)=O)(COP(=O)(OC(C)(C)C)OC(C)(C)C)NC(C)=O)cc1C(F)(F)F. The average molecular weight is 654 g/mol. The van der Waals surface area contributed by atoms with Crippen LogP contribution in [0.3, 0.4) is 0 Å². The van der Waals surface area contributed by atoms with Gasteiger partial charge in [0.2, 0.25) is 5.91 Å². The Morgan fingerprint density at radius 2 is 1.48 bits per heavy atom. The number of phosphoric ester groups is 1. The first kappa shape index (κ1) is 39.9. The second-order valence-electron chi connectivity index (χ2n) is 13.0. The van der Waals surface area contributed by atoms with Gasteiger partial charge in [-0.1, -0.05) is 38.7 Å². The highest BCUT2D eigenvalue weighted by atomic mass is 31.2. The molecule has 0 aliphatic rings. The highest BCUT2D eigenvalue weighted by Crippen LogP contribution is 2.56. The fraction of sp³-hybridized carbons (Fsp3) is 0.742. The smallest absolute Gasteiger partial charge is 0.475 e. The van der Waals surface area contributed by atoms with Gasteiger partial charge in [0, 0.05) is 13.8 Å². The molecule has 9 nitrogen and oxygen atoms in total. The Morgan fingerprint density at radius 3 is 1.98 bits per heavy atom. The number of esters is 1. The summed E-state index contributed by atoms with van der Waals surface area (Å²) >= 11 is 0. The molecule has 0 bridgehead atoms. The number of unbranched alkanes of at least 4 members (excludes halogenated alkanes) is 4. The molecule has 0 saturated carbocycles. The molecule has 1 unspecified atom stereocenters. The molecule has 0 aliphatic carbocycles. The zero-order chi connectivity index (χ0) is 33.8. The minimum atomic E-state index is -4.66. The number of carbonyl (C=O) groups excluding carboxylic acids is 2. The van der Waals surface area contributed by atoms with Crippen LogP contribution in [0.5, 0.6) is 5.75 Å². The maximum absolute atomic E-state index is 14.0. The van der Waals surface area contributed by atoms with E-state index in [0.717, 1.165) is 31.7 Å². The van der Waals surface area contributed by atoms with Gasteiger partial charge in [0.05, 0.1) is 35.5 Å². The van der Waals surface area contributed by atoms with Gasteiger partial charge in [-0.3, -0.25) is 23.2 Å². The van der Waals surface area contributed by atoms with E-state index in [1.54, 1.807) is 41.5 Å². The van der Waals surface area contributed by atoms with Crippen molar-refractivity contribution in [2.75, 3.05) is 19.8 Å². The number of hydrogen-bond donors (Lipinski definition) is 1. The number of halogens is 3. The zero-order valence-electron chi connectivity index (χ0n) is 27.7. The van der Waals surface area contributed by atoms with Gasteiger partial charge in [0.1, 0.15) is 12.4 Å². The van der Waals surface area contributed by atoms with E-state index in [9.17, 15) is 27.3 Å². The van der Waals surface area contributed by atoms with Gasteiger partial charge in [-0.25, -0.2) is 4.57 Å². The van der Waals surface area contributed by atoms with Crippen molar-refractivity contribution in [3.8, 4) is 5.75 Å². The van der Waals surface area contributed by atoms with Crippen LogP contribution in [0.1, 0.15) is 112 Å². The van der Waals surface area contributed by atoms with Crippen molar-refractivity contribution >= 4 is 19.7 Å². The maximum Gasteiger partial charge on any atom is 0.475 e. The minimum absolute atomic E-state index is 0.00976. The van der Waals surface area contributed by atoms with Crippen LogP contribution in [0, 0.1) is 0 Å². The van der Waals surface area contributed by atoms with Gasteiger partial charge in [-0.2, -0.15) is 13.2 Å². The third-order valence-electron chi connectivity index (χ3n) is 6.01. The maximum atomic E-state index is 14.0. The topological polar surface area (TPSA) is 109 Å². The Morgan fingerprint density at radius 1 is 0.886 bits per heavy atom. The number of benzene rings is 1. The number of aryl methyl sites for hydroxylation is 1. The monoisotopic (exact) mass is 653 g/mol. The standard InChI is InChI=1S/C31H51F3NO8P/c1-10-11-12-13-14-19-39-27-16-15-25(20-26(27)31(32,33)34)17-18-30(35-23(2)36,21-40-24(3)37)22-41-44(38,42-28(4,5)6)43-29(7,8)9/h15-16,20H,10-14,17-19,21-22H2,1-9H3,(H,35,36). The summed E-state index contributed by atoms with van der Waals surface area (Å²) in [6.45, 7) is 13.7. The van der Waals surface area contributed by atoms with Crippen LogP contribution in [0.25, 0.3) is 0 Å². The molecular formula is C31H51F3NO8P. The van der Waals surface area contributed by atoms with Gasteiger partial charge in [0.25, 0.3) is 0 Å². The van der Waals surface area contributed by atoms with Crippen molar-refractivity contribution in [1.29, 1.82) is 0 Å². The molecular weight excluding hydrogens is 602 g/mol. The normalized spacial score (nSPS) is 14.2. The van der Waals surface area contributed by atoms with Crippen LogP contribution in [0.4, 0.5) is 13.2 Å². The van der Waals surface area contributed by atoms with Crippen LogP contribution in [-0.4, -0.2) is 48.4 Å². The zero-order valence-corrected chi connectivity index (χ0v) is 28.5. The third kappa shape index (κ3) is 16.3. The lowest BCUT2D eigenvalue weighted by Gasteiger charge is -2.37. The minimum Gasteiger partial charge on any atom is -0.493 e. The molecule has 0 spiro atoms. The predicted octanol–water partition coefficient (Wildman–Crippen LogP) is 8.18. The van der Waals surface area contributed by atoms with Gasteiger partial charge < -0.3 is 14.8 Å². The fourth-order valence-electron chi connectivity index (χ4n) is 4.23. The quantitative estimate of drug-likeness (QED) is 0.0960. The summed E-state index contributed by atoms with van der Waals surface area (Å²) in [6.07, 6.45) is -0.0486. The van der Waals surface area contributed by atoms with Crippen molar-refractivity contribution in [1.82, 2.24) is 5.32 Å². The van der Waals surface area contributed by atoms with Crippen LogP contribution in [0.15, 0.2) is 18.2 Å². The van der Waals surface area contributed by atoms with Crippen molar-refractivity contribution in [2.24, 2.45) is 0 Å². The summed E-state index contributed by atoms with van der Waals surface area (Å²) in [6, 6.07) is 3.81. The second kappa shape index (κ2) is 17.0. The van der Waals surface area contributed by atoms with Gasteiger partial charge in [-0.05, 0) is 78.5 Å². The van der Waals surface area contributed by atoms with E-state index in [-0.39, 0.29) is 25.2 Å². The summed E-state index contributed by atoms with van der Waals surface area (Å²) in [5, 5.41) is 2.70. The van der Waals surface area contributed by atoms with E-state index in [1.807, 2.05) is 0 Å². The molecule has 1 rings (SSSR count). The van der Waals surface area contributed by atoms with Crippen LogP contribution in [0.2, 0.25) is 0 Å². The lowest BCUT2D eigenvalue weighted by Crippen LogP contribution is -2.55. The van der Waals surface area contributed by atoms with Crippen molar-refractivity contribution in [2.45, 2.75) is 130 Å². The molecule has 1 aromatic carbocycles. The molecule has 1 aromatic rings. The van der Waals surface area contributed by atoms with Gasteiger partial charge >= 0.3 is 20.0 Å². The van der Waals surface area contributed by atoms with E-state index in [4.69, 9.17) is 23.0 Å². The van der Waals surface area contributed by atoms with Gasteiger partial charge in [-0.15, -0.1) is 0 Å². The van der Waals surface area contributed by atoms with E-state index in [0.29, 0.717) is 12.0 Å².